The van der Waals surface area contributed by atoms with Crippen LogP contribution in [0.1, 0.15) is 5.69 Å². The van der Waals surface area contributed by atoms with Gasteiger partial charge in [0.1, 0.15) is 23.3 Å². The van der Waals surface area contributed by atoms with Crippen molar-refractivity contribution in [2.45, 2.75) is 6.18 Å². The largest absolute Gasteiger partial charge is 0.494 e. The maximum Gasteiger partial charge on any atom is 0.433 e. The van der Waals surface area contributed by atoms with Crippen LogP contribution in [0.3, 0.4) is 0 Å². The van der Waals surface area contributed by atoms with Crippen LogP contribution in [0.5, 0.6) is 5.75 Å². The molecular formula is C18H12F3N3O. The molecule has 2 aromatic carbocycles. The molecule has 25 heavy (non-hydrogen) atoms. The summed E-state index contributed by atoms with van der Waals surface area (Å²) >= 11 is 0. The van der Waals surface area contributed by atoms with E-state index >= 15 is 0 Å². The van der Waals surface area contributed by atoms with E-state index in [4.69, 9.17) is 4.74 Å². The molecule has 4 aromatic rings. The van der Waals surface area contributed by atoms with Gasteiger partial charge in [-0.15, -0.1) is 0 Å². The lowest BCUT2D eigenvalue weighted by Gasteiger charge is -2.14. The van der Waals surface area contributed by atoms with Crippen molar-refractivity contribution in [1.82, 2.24) is 14.5 Å². The Bertz CT molecular complexity index is 1090. The van der Waals surface area contributed by atoms with Gasteiger partial charge in [0.05, 0.1) is 23.8 Å². The number of nitrogens with zero attached hydrogens (tertiary/aromatic N) is 3. The number of para-hydroxylation sites is 3. The van der Waals surface area contributed by atoms with Gasteiger partial charge in [0.2, 0.25) is 0 Å². The number of alkyl halides is 3. The summed E-state index contributed by atoms with van der Waals surface area (Å²) in [6.45, 7) is 0. The number of halogens is 3. The molecule has 0 spiro atoms. The highest BCUT2D eigenvalue weighted by atomic mass is 19.4. The van der Waals surface area contributed by atoms with Gasteiger partial charge in [-0.1, -0.05) is 24.3 Å². The van der Waals surface area contributed by atoms with E-state index in [1.807, 2.05) is 18.2 Å². The van der Waals surface area contributed by atoms with Crippen molar-refractivity contribution in [2.24, 2.45) is 0 Å². The summed E-state index contributed by atoms with van der Waals surface area (Å²) in [7, 11) is 1.41. The highest BCUT2D eigenvalue weighted by Gasteiger charge is 2.34. The second-order valence-electron chi connectivity index (χ2n) is 5.48. The van der Waals surface area contributed by atoms with Crippen LogP contribution in [0.25, 0.3) is 27.6 Å². The first-order valence-corrected chi connectivity index (χ1v) is 7.46. The molecule has 0 saturated heterocycles. The predicted molar refractivity (Wildman–Crippen MR) is 87.9 cm³/mol. The molecule has 2 aromatic heterocycles. The second kappa shape index (κ2) is 5.47. The zero-order valence-electron chi connectivity index (χ0n) is 13.1. The fourth-order valence-electron chi connectivity index (χ4n) is 2.86. The maximum atomic E-state index is 13.4. The van der Waals surface area contributed by atoms with Crippen molar-refractivity contribution in [3.63, 3.8) is 0 Å². The minimum Gasteiger partial charge on any atom is -0.494 e. The Kier molecular flexibility index (Phi) is 3.38. The summed E-state index contributed by atoms with van der Waals surface area (Å²) in [5, 5.41) is 0.551. The Labute approximate surface area is 140 Å². The van der Waals surface area contributed by atoms with Crippen LogP contribution in [-0.2, 0) is 6.18 Å². The van der Waals surface area contributed by atoms with Crippen LogP contribution in [0, 0.1) is 0 Å². The molecule has 0 aliphatic rings. The third-order valence-electron chi connectivity index (χ3n) is 4.00. The lowest BCUT2D eigenvalue weighted by atomic mass is 10.1. The summed E-state index contributed by atoms with van der Waals surface area (Å²) in [5.41, 5.74) is 0.949. The van der Waals surface area contributed by atoms with Crippen LogP contribution >= 0.6 is 0 Å². The van der Waals surface area contributed by atoms with Crippen LogP contribution < -0.4 is 4.74 Å². The standard InChI is InChI=1S/C18H12F3N3O/c1-25-15-8-4-5-11-14(9-16(18(19,20)21)23-17(11)15)24-10-22-12-6-2-3-7-13(12)24/h2-10H,1H3. The SMILES string of the molecule is COc1cccc2c(-n3cnc4ccccc43)cc(C(F)(F)F)nc12. The summed E-state index contributed by atoms with van der Waals surface area (Å²) in [6, 6.07) is 13.3. The zero-order chi connectivity index (χ0) is 17.6. The molecule has 0 fully saturated rings. The van der Waals surface area contributed by atoms with Gasteiger partial charge in [0.15, 0.2) is 0 Å². The van der Waals surface area contributed by atoms with Gasteiger partial charge >= 0.3 is 6.18 Å². The summed E-state index contributed by atoms with van der Waals surface area (Å²) in [6.07, 6.45) is -3.06. The Morgan fingerprint density at radius 2 is 1.84 bits per heavy atom. The average molecular weight is 343 g/mol. The van der Waals surface area contributed by atoms with Crippen LogP contribution in [0.15, 0.2) is 54.9 Å². The number of benzene rings is 2. The van der Waals surface area contributed by atoms with Crippen molar-refractivity contribution >= 4 is 21.9 Å². The Morgan fingerprint density at radius 3 is 2.60 bits per heavy atom. The lowest BCUT2D eigenvalue weighted by Crippen LogP contribution is -2.10. The Morgan fingerprint density at radius 1 is 1.04 bits per heavy atom. The van der Waals surface area contributed by atoms with E-state index in [9.17, 15) is 13.2 Å². The van der Waals surface area contributed by atoms with Gasteiger partial charge in [0.25, 0.3) is 0 Å². The minimum absolute atomic E-state index is 0.160. The van der Waals surface area contributed by atoms with Crippen molar-refractivity contribution in [3.8, 4) is 11.4 Å². The fourth-order valence-corrected chi connectivity index (χ4v) is 2.86. The molecule has 0 amide bonds. The Hall–Kier alpha value is -3.09. The van der Waals surface area contributed by atoms with Gasteiger partial charge in [-0.25, -0.2) is 9.97 Å². The average Bonchev–Trinajstić information content (AvgIpc) is 3.03. The van der Waals surface area contributed by atoms with E-state index < -0.39 is 11.9 Å². The van der Waals surface area contributed by atoms with Gasteiger partial charge in [-0.3, -0.25) is 4.57 Å². The third-order valence-corrected chi connectivity index (χ3v) is 4.00. The van der Waals surface area contributed by atoms with Gasteiger partial charge in [-0.2, -0.15) is 13.2 Å². The first kappa shape index (κ1) is 15.4. The molecule has 0 atom stereocenters. The highest BCUT2D eigenvalue weighted by molar-refractivity contribution is 5.93. The van der Waals surface area contributed by atoms with Gasteiger partial charge in [0, 0.05) is 5.39 Å². The number of methoxy groups -OCH3 is 1. The van der Waals surface area contributed by atoms with Crippen LogP contribution in [0.4, 0.5) is 13.2 Å². The Balaban J connectivity index is 2.12. The molecule has 0 saturated carbocycles. The quantitative estimate of drug-likeness (QED) is 0.534. The molecule has 0 bridgehead atoms. The van der Waals surface area contributed by atoms with Crippen LogP contribution in [-0.4, -0.2) is 21.6 Å². The molecule has 2 heterocycles. The molecule has 0 unspecified atom stereocenters. The summed E-state index contributed by atoms with van der Waals surface area (Å²) in [4.78, 5) is 8.05. The van der Waals surface area contributed by atoms with E-state index in [1.54, 1.807) is 28.8 Å². The molecule has 0 radical (unpaired) electrons. The summed E-state index contributed by atoms with van der Waals surface area (Å²) in [5.74, 6) is 0.286. The number of aromatic nitrogens is 3. The molecule has 126 valence electrons. The smallest absolute Gasteiger partial charge is 0.433 e. The molecule has 0 N–H and O–H groups in total. The molecule has 0 aliphatic carbocycles. The fraction of sp³-hybridized carbons (Fsp3) is 0.111. The van der Waals surface area contributed by atoms with E-state index in [1.165, 1.54) is 13.4 Å². The number of rotatable bonds is 2. The second-order valence-corrected chi connectivity index (χ2v) is 5.48. The molecule has 4 rings (SSSR count). The first-order chi connectivity index (χ1) is 12.0. The van der Waals surface area contributed by atoms with E-state index in [2.05, 4.69) is 9.97 Å². The van der Waals surface area contributed by atoms with E-state index in [-0.39, 0.29) is 11.3 Å². The van der Waals surface area contributed by atoms with E-state index in [0.717, 1.165) is 6.07 Å². The maximum absolute atomic E-state index is 13.4. The topological polar surface area (TPSA) is 39.9 Å². The summed E-state index contributed by atoms with van der Waals surface area (Å²) < 4.78 is 46.9. The van der Waals surface area contributed by atoms with E-state index in [0.29, 0.717) is 22.1 Å². The lowest BCUT2D eigenvalue weighted by molar-refractivity contribution is -0.140. The monoisotopic (exact) mass is 343 g/mol. The number of ether oxygens (including phenoxy) is 1. The van der Waals surface area contributed by atoms with Crippen molar-refractivity contribution in [2.75, 3.05) is 7.11 Å². The van der Waals surface area contributed by atoms with Crippen molar-refractivity contribution in [1.29, 1.82) is 0 Å². The first-order valence-electron chi connectivity index (χ1n) is 7.46. The minimum atomic E-state index is -4.57. The molecule has 7 heteroatoms. The molecule has 4 nitrogen and oxygen atoms in total. The van der Waals surface area contributed by atoms with Gasteiger partial charge in [-0.05, 0) is 24.3 Å². The third kappa shape index (κ3) is 2.48. The number of hydrogen-bond donors (Lipinski definition) is 0. The number of hydrogen-bond acceptors (Lipinski definition) is 3. The van der Waals surface area contributed by atoms with Crippen molar-refractivity contribution in [3.05, 3.63) is 60.6 Å². The number of fused-ring (bicyclic) bond motifs is 2. The molecular weight excluding hydrogens is 331 g/mol. The van der Waals surface area contributed by atoms with Crippen LogP contribution in [0.2, 0.25) is 0 Å². The van der Waals surface area contributed by atoms with Crippen molar-refractivity contribution < 1.29 is 17.9 Å². The normalized spacial score (nSPS) is 12.0. The zero-order valence-corrected chi connectivity index (χ0v) is 13.1. The van der Waals surface area contributed by atoms with Gasteiger partial charge < -0.3 is 4.74 Å². The number of imidazole rings is 1. The predicted octanol–water partition coefficient (Wildman–Crippen LogP) is 4.60. The molecule has 0 aliphatic heterocycles. The number of pyridine rings is 1. The highest BCUT2D eigenvalue weighted by Crippen LogP contribution is 2.36.